The van der Waals surface area contributed by atoms with Gasteiger partial charge in [-0.05, 0) is 12.5 Å². The minimum atomic E-state index is -8.69. The summed E-state index contributed by atoms with van der Waals surface area (Å²) in [5.74, 6) is -58.0. The van der Waals surface area contributed by atoms with Crippen LogP contribution in [0.3, 0.4) is 0 Å². The third-order valence-electron chi connectivity index (χ3n) is 4.90. The van der Waals surface area contributed by atoms with Crippen molar-refractivity contribution in [3.05, 3.63) is 24.0 Å². The summed E-state index contributed by atoms with van der Waals surface area (Å²) < 4.78 is 225. The molecule has 228 valence electrons. The topological polar surface area (TPSA) is 71.4 Å². The minimum absolute atomic E-state index is 0.271. The van der Waals surface area contributed by atoms with E-state index in [4.69, 9.17) is 0 Å². The lowest BCUT2D eigenvalue weighted by atomic mass is 9.88. The maximum Gasteiger partial charge on any atom is 0.460 e. The first-order valence-corrected chi connectivity index (χ1v) is 9.70. The normalized spacial score (nSPS) is 14.5. The summed E-state index contributed by atoms with van der Waals surface area (Å²) in [7, 11) is 0. The van der Waals surface area contributed by atoms with Gasteiger partial charge in [0.25, 0.3) is 5.91 Å². The lowest BCUT2D eigenvalue weighted by Gasteiger charge is -2.42. The maximum absolute atomic E-state index is 13.8. The standard InChI is InChI=1S/C18H10F17N3O2/c19-11(20,2-1-3-37-10(40)8-4-9(38-7-39)6-36-5-8)12(21,22)13(23,24)14(25,26)15(27,28)16(29,30)17(31,32)18(33,34)35/h4-6H,1-3H2,(H,37,40). The van der Waals surface area contributed by atoms with Crippen LogP contribution >= 0.6 is 0 Å². The number of hydrogen-bond donors (Lipinski definition) is 1. The van der Waals surface area contributed by atoms with E-state index in [2.05, 4.69) is 9.98 Å². The summed E-state index contributed by atoms with van der Waals surface area (Å²) in [6, 6.07) is 0.844. The zero-order chi connectivity index (χ0) is 31.8. The molecule has 22 heteroatoms. The second-order valence-electron chi connectivity index (χ2n) is 7.64. The Morgan fingerprint density at radius 2 is 1.18 bits per heavy atom. The molecule has 0 unspecified atom stereocenters. The van der Waals surface area contributed by atoms with Gasteiger partial charge in [0.1, 0.15) is 0 Å². The number of nitrogens with one attached hydrogen (secondary N) is 1. The molecule has 0 saturated heterocycles. The number of carbonyl (C=O) groups is 1. The Labute approximate surface area is 209 Å². The van der Waals surface area contributed by atoms with Crippen LogP contribution in [-0.4, -0.2) is 71.1 Å². The number of alkyl halides is 17. The van der Waals surface area contributed by atoms with Gasteiger partial charge >= 0.3 is 47.6 Å². The summed E-state index contributed by atoms with van der Waals surface area (Å²) in [6.45, 7) is -1.17. The number of hydrogen-bond acceptors (Lipinski definition) is 4. The van der Waals surface area contributed by atoms with Crippen LogP contribution in [0.5, 0.6) is 0 Å². The van der Waals surface area contributed by atoms with Crippen molar-refractivity contribution in [3.8, 4) is 0 Å². The van der Waals surface area contributed by atoms with E-state index in [9.17, 15) is 84.2 Å². The Kier molecular flexibility index (Phi) is 9.28. The lowest BCUT2D eigenvalue weighted by molar-refractivity contribution is -0.461. The molecule has 1 N–H and O–H groups in total. The molecular weight excluding hydrogens is 613 g/mol. The highest BCUT2D eigenvalue weighted by molar-refractivity contribution is 5.94. The van der Waals surface area contributed by atoms with Crippen LogP contribution in [-0.2, 0) is 4.79 Å². The Balaban J connectivity index is 3.17. The highest BCUT2D eigenvalue weighted by Gasteiger charge is 2.95. The second-order valence-corrected chi connectivity index (χ2v) is 7.64. The summed E-state index contributed by atoms with van der Waals surface area (Å²) in [5, 5.41) is 1.69. The van der Waals surface area contributed by atoms with Gasteiger partial charge in [-0.2, -0.15) is 79.6 Å². The van der Waals surface area contributed by atoms with E-state index in [0.29, 0.717) is 0 Å². The smallest absolute Gasteiger partial charge is 0.352 e. The highest BCUT2D eigenvalue weighted by atomic mass is 19.4. The van der Waals surface area contributed by atoms with Gasteiger partial charge in [-0.1, -0.05) is 0 Å². The molecule has 0 spiro atoms. The van der Waals surface area contributed by atoms with Crippen molar-refractivity contribution in [3.63, 3.8) is 0 Å². The molecule has 0 fully saturated rings. The number of pyridine rings is 1. The fraction of sp³-hybridized carbons (Fsp3) is 0.611. The fourth-order valence-electron chi connectivity index (χ4n) is 2.63. The zero-order valence-electron chi connectivity index (χ0n) is 18.5. The van der Waals surface area contributed by atoms with Crippen LogP contribution in [0.2, 0.25) is 0 Å². The molecule has 0 aliphatic rings. The zero-order valence-corrected chi connectivity index (χ0v) is 18.5. The molecule has 1 aromatic heterocycles. The number of halogens is 17. The van der Waals surface area contributed by atoms with E-state index < -0.39 is 78.5 Å². The molecule has 0 radical (unpaired) electrons. The first-order chi connectivity index (χ1) is 17.7. The van der Waals surface area contributed by atoms with Crippen molar-refractivity contribution >= 4 is 17.7 Å². The largest absolute Gasteiger partial charge is 0.460 e. The first kappa shape index (κ1) is 34.8. The monoisotopic (exact) mass is 623 g/mol. The molecule has 0 atom stereocenters. The molecule has 40 heavy (non-hydrogen) atoms. The van der Waals surface area contributed by atoms with Gasteiger partial charge < -0.3 is 5.32 Å². The fourth-order valence-corrected chi connectivity index (χ4v) is 2.63. The van der Waals surface area contributed by atoms with Crippen molar-refractivity contribution in [2.24, 2.45) is 4.99 Å². The van der Waals surface area contributed by atoms with Crippen molar-refractivity contribution < 1.29 is 84.2 Å². The van der Waals surface area contributed by atoms with Crippen LogP contribution in [0.4, 0.5) is 80.3 Å². The molecule has 1 aromatic rings. The molecule has 5 nitrogen and oxygen atoms in total. The van der Waals surface area contributed by atoms with E-state index in [0.717, 1.165) is 24.5 Å². The number of carbonyl (C=O) groups excluding carboxylic acids is 2. The van der Waals surface area contributed by atoms with Crippen LogP contribution in [0, 0.1) is 0 Å². The van der Waals surface area contributed by atoms with Crippen molar-refractivity contribution in [1.29, 1.82) is 0 Å². The number of isocyanates is 1. The van der Waals surface area contributed by atoms with Gasteiger partial charge in [0.05, 0.1) is 17.4 Å². The van der Waals surface area contributed by atoms with Gasteiger partial charge in [-0.15, -0.1) is 0 Å². The van der Waals surface area contributed by atoms with Crippen molar-refractivity contribution in [2.75, 3.05) is 6.54 Å². The molecule has 0 saturated carbocycles. The molecular formula is C18H10F17N3O2. The number of amides is 1. The van der Waals surface area contributed by atoms with Gasteiger partial charge in [0.15, 0.2) is 0 Å². The average molecular weight is 623 g/mol. The van der Waals surface area contributed by atoms with Crippen LogP contribution in [0.15, 0.2) is 23.5 Å². The van der Waals surface area contributed by atoms with Gasteiger partial charge in [-0.3, -0.25) is 9.78 Å². The maximum atomic E-state index is 13.8. The Hall–Kier alpha value is -3.19. The van der Waals surface area contributed by atoms with Crippen molar-refractivity contribution in [1.82, 2.24) is 10.3 Å². The van der Waals surface area contributed by atoms with E-state index >= 15 is 0 Å². The summed E-state index contributed by atoms with van der Waals surface area (Å²) in [6.07, 6.45) is -9.30. The quantitative estimate of drug-likeness (QED) is 0.124. The van der Waals surface area contributed by atoms with Crippen LogP contribution < -0.4 is 5.32 Å². The highest BCUT2D eigenvalue weighted by Crippen LogP contribution is 2.64. The van der Waals surface area contributed by atoms with E-state index in [-0.39, 0.29) is 5.69 Å². The summed E-state index contributed by atoms with van der Waals surface area (Å²) >= 11 is 0. The third kappa shape index (κ3) is 5.53. The molecule has 0 aliphatic carbocycles. The minimum Gasteiger partial charge on any atom is -0.352 e. The van der Waals surface area contributed by atoms with Gasteiger partial charge in [-0.25, -0.2) is 4.79 Å². The summed E-state index contributed by atoms with van der Waals surface area (Å²) in [4.78, 5) is 28.4. The third-order valence-corrected chi connectivity index (χ3v) is 4.90. The van der Waals surface area contributed by atoms with E-state index in [1.807, 2.05) is 0 Å². The first-order valence-electron chi connectivity index (χ1n) is 9.70. The number of rotatable bonds is 12. The van der Waals surface area contributed by atoms with E-state index in [1.54, 1.807) is 5.32 Å². The molecule has 0 aliphatic heterocycles. The predicted molar refractivity (Wildman–Crippen MR) is 94.3 cm³/mol. The summed E-state index contributed by atoms with van der Waals surface area (Å²) in [5.41, 5.74) is -0.731. The molecule has 1 heterocycles. The molecule has 1 rings (SSSR count). The average Bonchev–Trinajstić information content (AvgIpc) is 2.80. The second kappa shape index (κ2) is 10.7. The molecule has 0 aromatic carbocycles. The SMILES string of the molecule is O=C=Nc1cncc(C(=O)NCCCC(F)(F)C(F)(F)C(F)(F)C(F)(F)C(F)(F)C(F)(F)C(F)(F)C(F)(F)F)c1. The van der Waals surface area contributed by atoms with Gasteiger partial charge in [0, 0.05) is 19.2 Å². The number of aliphatic imine (C=N–C) groups is 1. The molecule has 0 bridgehead atoms. The van der Waals surface area contributed by atoms with Crippen LogP contribution in [0.1, 0.15) is 23.2 Å². The van der Waals surface area contributed by atoms with Crippen LogP contribution in [0.25, 0.3) is 0 Å². The van der Waals surface area contributed by atoms with E-state index in [1.165, 1.54) is 0 Å². The predicted octanol–water partition coefficient (Wildman–Crippen LogP) is 6.57. The Bertz CT molecular complexity index is 1130. The van der Waals surface area contributed by atoms with Gasteiger partial charge in [0.2, 0.25) is 6.08 Å². The lowest BCUT2D eigenvalue weighted by Crippen LogP contribution is -2.74. The molecule has 1 amide bonds. The van der Waals surface area contributed by atoms with Crippen molar-refractivity contribution in [2.45, 2.75) is 60.5 Å². The Morgan fingerprint density at radius 3 is 1.62 bits per heavy atom. The Morgan fingerprint density at radius 1 is 0.725 bits per heavy atom. The number of nitrogens with zero attached hydrogens (tertiary/aromatic N) is 2. The number of aromatic nitrogens is 1.